The molecule has 2 unspecified atom stereocenters. The zero-order valence-corrected chi connectivity index (χ0v) is 13.1. The zero-order chi connectivity index (χ0) is 13.8. The first kappa shape index (κ1) is 17.0. The number of aryl methyl sites for hydroxylation is 2. The summed E-state index contributed by atoms with van der Waals surface area (Å²) in [7, 11) is 0. The van der Waals surface area contributed by atoms with E-state index in [9.17, 15) is 4.79 Å². The molecule has 1 saturated carbocycles. The van der Waals surface area contributed by atoms with E-state index in [1.54, 1.807) is 0 Å². The van der Waals surface area contributed by atoms with E-state index in [2.05, 4.69) is 11.4 Å². The average molecular weight is 297 g/mol. The van der Waals surface area contributed by atoms with Gasteiger partial charge in [0.25, 0.3) is 5.91 Å². The number of carbonyl (C=O) groups excluding carboxylic acids is 1. The van der Waals surface area contributed by atoms with Crippen LogP contribution in [0.15, 0.2) is 18.2 Å². The molecule has 1 aliphatic rings. The van der Waals surface area contributed by atoms with Gasteiger partial charge in [0.05, 0.1) is 0 Å². The fourth-order valence-electron chi connectivity index (χ4n) is 3.04. The zero-order valence-electron chi connectivity index (χ0n) is 12.3. The Labute approximate surface area is 127 Å². The molecule has 3 nitrogen and oxygen atoms in total. The summed E-state index contributed by atoms with van der Waals surface area (Å²) in [5.41, 5.74) is 8.83. The number of carbonyl (C=O) groups is 1. The van der Waals surface area contributed by atoms with Crippen LogP contribution in [0.1, 0.15) is 47.2 Å². The number of rotatable bonds is 3. The van der Waals surface area contributed by atoms with E-state index >= 15 is 0 Å². The summed E-state index contributed by atoms with van der Waals surface area (Å²) in [4.78, 5) is 12.3. The van der Waals surface area contributed by atoms with E-state index in [0.29, 0.717) is 12.5 Å². The van der Waals surface area contributed by atoms with Gasteiger partial charge in [-0.25, -0.2) is 0 Å². The Morgan fingerprint density at radius 2 is 1.80 bits per heavy atom. The molecular formula is C16H25ClN2O. The summed E-state index contributed by atoms with van der Waals surface area (Å²) >= 11 is 0. The number of hydrogen-bond acceptors (Lipinski definition) is 2. The van der Waals surface area contributed by atoms with Crippen molar-refractivity contribution in [3.8, 4) is 0 Å². The molecule has 0 aliphatic heterocycles. The molecule has 3 N–H and O–H groups in total. The maximum absolute atomic E-state index is 12.3. The van der Waals surface area contributed by atoms with Crippen molar-refractivity contribution in [3.05, 3.63) is 34.9 Å². The Kier molecular flexibility index (Phi) is 6.50. The maximum Gasteiger partial charge on any atom is 0.251 e. The van der Waals surface area contributed by atoms with Crippen molar-refractivity contribution >= 4 is 18.3 Å². The normalized spacial score (nSPS) is 21.9. The van der Waals surface area contributed by atoms with Crippen molar-refractivity contribution in [3.63, 3.8) is 0 Å². The highest BCUT2D eigenvalue weighted by atomic mass is 35.5. The van der Waals surface area contributed by atoms with Gasteiger partial charge in [0.15, 0.2) is 0 Å². The van der Waals surface area contributed by atoms with Crippen LogP contribution in [0.3, 0.4) is 0 Å². The first-order valence-electron chi connectivity index (χ1n) is 7.19. The summed E-state index contributed by atoms with van der Waals surface area (Å²) in [6.07, 6.45) is 4.61. The van der Waals surface area contributed by atoms with Crippen LogP contribution in [0, 0.1) is 19.8 Å². The highest BCUT2D eigenvalue weighted by Gasteiger charge is 2.25. The minimum absolute atomic E-state index is 0. The molecule has 0 saturated heterocycles. The first-order valence-corrected chi connectivity index (χ1v) is 7.19. The molecule has 4 heteroatoms. The number of hydrogen-bond donors (Lipinski definition) is 2. The van der Waals surface area contributed by atoms with Crippen LogP contribution >= 0.6 is 12.4 Å². The Morgan fingerprint density at radius 1 is 1.20 bits per heavy atom. The summed E-state index contributed by atoms with van der Waals surface area (Å²) in [5.74, 6) is 0.473. The van der Waals surface area contributed by atoms with Crippen LogP contribution in [0.25, 0.3) is 0 Å². The molecule has 112 valence electrons. The molecule has 0 spiro atoms. The number of nitrogens with one attached hydrogen (secondary N) is 1. The fourth-order valence-corrected chi connectivity index (χ4v) is 3.04. The number of nitrogens with two attached hydrogens (primary N) is 1. The van der Waals surface area contributed by atoms with Gasteiger partial charge < -0.3 is 11.1 Å². The Morgan fingerprint density at radius 3 is 2.40 bits per heavy atom. The lowest BCUT2D eigenvalue weighted by Crippen LogP contribution is -2.44. The highest BCUT2D eigenvalue weighted by molar-refractivity contribution is 5.94. The van der Waals surface area contributed by atoms with Crippen LogP contribution in [0.5, 0.6) is 0 Å². The molecule has 0 radical (unpaired) electrons. The van der Waals surface area contributed by atoms with Crippen LogP contribution in [0.4, 0.5) is 0 Å². The summed E-state index contributed by atoms with van der Waals surface area (Å²) < 4.78 is 0. The van der Waals surface area contributed by atoms with E-state index in [1.165, 1.54) is 12.8 Å². The van der Waals surface area contributed by atoms with Gasteiger partial charge in [-0.3, -0.25) is 4.79 Å². The van der Waals surface area contributed by atoms with Gasteiger partial charge in [0.2, 0.25) is 0 Å². The van der Waals surface area contributed by atoms with Gasteiger partial charge in [-0.15, -0.1) is 12.4 Å². The lowest BCUT2D eigenvalue weighted by Gasteiger charge is -2.31. The molecule has 20 heavy (non-hydrogen) atoms. The van der Waals surface area contributed by atoms with Gasteiger partial charge in [-0.2, -0.15) is 0 Å². The minimum Gasteiger partial charge on any atom is -0.349 e. The third-order valence-corrected chi connectivity index (χ3v) is 4.01. The van der Waals surface area contributed by atoms with Crippen LogP contribution < -0.4 is 11.1 Å². The smallest absolute Gasteiger partial charge is 0.251 e. The van der Waals surface area contributed by atoms with Gasteiger partial charge in [-0.1, -0.05) is 30.0 Å². The highest BCUT2D eigenvalue weighted by Crippen LogP contribution is 2.24. The van der Waals surface area contributed by atoms with Gasteiger partial charge in [-0.05, 0) is 51.3 Å². The Hall–Kier alpha value is -1.06. The number of halogens is 1. The summed E-state index contributed by atoms with van der Waals surface area (Å²) in [6, 6.07) is 6.22. The molecule has 1 aliphatic carbocycles. The Balaban J connectivity index is 0.00000200. The van der Waals surface area contributed by atoms with Crippen molar-refractivity contribution in [2.45, 2.75) is 45.6 Å². The van der Waals surface area contributed by atoms with Crippen molar-refractivity contribution < 1.29 is 4.79 Å². The predicted octanol–water partition coefficient (Wildman–Crippen LogP) is 2.97. The lowest BCUT2D eigenvalue weighted by atomic mass is 9.84. The minimum atomic E-state index is 0. The van der Waals surface area contributed by atoms with E-state index < -0.39 is 0 Å². The van der Waals surface area contributed by atoms with E-state index in [1.807, 2.05) is 26.0 Å². The largest absolute Gasteiger partial charge is 0.349 e. The Bertz CT molecular complexity index is 442. The third-order valence-electron chi connectivity index (χ3n) is 4.01. The van der Waals surface area contributed by atoms with Gasteiger partial charge in [0.1, 0.15) is 0 Å². The van der Waals surface area contributed by atoms with Crippen LogP contribution in [0.2, 0.25) is 0 Å². The molecule has 0 bridgehead atoms. The molecule has 1 fully saturated rings. The number of benzene rings is 1. The molecule has 1 amide bonds. The van der Waals surface area contributed by atoms with E-state index in [0.717, 1.165) is 29.5 Å². The average Bonchev–Trinajstić information content (AvgIpc) is 2.38. The van der Waals surface area contributed by atoms with Crippen LogP contribution in [-0.2, 0) is 0 Å². The molecule has 0 heterocycles. The van der Waals surface area contributed by atoms with Crippen molar-refractivity contribution in [1.82, 2.24) is 5.32 Å². The van der Waals surface area contributed by atoms with E-state index in [-0.39, 0.29) is 24.4 Å². The van der Waals surface area contributed by atoms with Crippen molar-refractivity contribution in [1.29, 1.82) is 0 Å². The third kappa shape index (κ3) is 4.22. The molecule has 2 atom stereocenters. The quantitative estimate of drug-likeness (QED) is 0.901. The second-order valence-electron chi connectivity index (χ2n) is 5.74. The molecular weight excluding hydrogens is 272 g/mol. The van der Waals surface area contributed by atoms with Crippen LogP contribution in [-0.4, -0.2) is 18.5 Å². The number of amides is 1. The second-order valence-corrected chi connectivity index (χ2v) is 5.74. The SMILES string of the molecule is Cc1cc(C)cc(C(=O)NC2CCCCC2CN)c1.Cl. The van der Waals surface area contributed by atoms with Crippen molar-refractivity contribution in [2.75, 3.05) is 6.54 Å². The topological polar surface area (TPSA) is 55.1 Å². The van der Waals surface area contributed by atoms with Gasteiger partial charge >= 0.3 is 0 Å². The maximum atomic E-state index is 12.3. The summed E-state index contributed by atoms with van der Waals surface area (Å²) in [6.45, 7) is 4.71. The molecule has 1 aromatic carbocycles. The van der Waals surface area contributed by atoms with Gasteiger partial charge in [0, 0.05) is 11.6 Å². The molecule has 2 rings (SSSR count). The van der Waals surface area contributed by atoms with Crippen molar-refractivity contribution in [2.24, 2.45) is 11.7 Å². The predicted molar refractivity (Wildman–Crippen MR) is 85.4 cm³/mol. The van der Waals surface area contributed by atoms with E-state index in [4.69, 9.17) is 5.73 Å². The first-order chi connectivity index (χ1) is 9.10. The molecule has 0 aromatic heterocycles. The molecule has 1 aromatic rings. The monoisotopic (exact) mass is 296 g/mol. The second kappa shape index (κ2) is 7.65. The standard InChI is InChI=1S/C16H24N2O.ClH/c1-11-7-12(2)9-14(8-11)16(19)18-15-6-4-3-5-13(15)10-17;/h7-9,13,15H,3-6,10,17H2,1-2H3,(H,18,19);1H. The summed E-state index contributed by atoms with van der Waals surface area (Å²) in [5, 5.41) is 3.17. The lowest BCUT2D eigenvalue weighted by molar-refractivity contribution is 0.0908. The fraction of sp³-hybridized carbons (Fsp3) is 0.562.